The minimum absolute atomic E-state index is 0.0262. The Balaban J connectivity index is 2.19. The van der Waals surface area contributed by atoms with E-state index in [1.54, 1.807) is 0 Å². The normalized spacial score (nSPS) is 13.6. The maximum Gasteiger partial charge on any atom is 0.416 e. The first-order valence-electron chi connectivity index (χ1n) is 7.31. The lowest BCUT2D eigenvalue weighted by Gasteiger charge is -2.11. The maximum absolute atomic E-state index is 12.6. The summed E-state index contributed by atoms with van der Waals surface area (Å²) in [6, 6.07) is 10.4. The molecule has 25 heavy (non-hydrogen) atoms. The second kappa shape index (κ2) is 7.55. The van der Waals surface area contributed by atoms with Gasteiger partial charge in [-0.25, -0.2) is 8.42 Å². The molecule has 0 radical (unpaired) electrons. The molecule has 8 heteroatoms. The molecule has 0 bridgehead atoms. The number of rotatable bonds is 6. The first-order chi connectivity index (χ1) is 11.6. The Morgan fingerprint density at radius 2 is 1.48 bits per heavy atom. The highest BCUT2D eigenvalue weighted by Gasteiger charge is 2.30. The summed E-state index contributed by atoms with van der Waals surface area (Å²) in [6.45, 7) is -0.0944. The summed E-state index contributed by atoms with van der Waals surface area (Å²) in [4.78, 5) is 0.0262. The van der Waals surface area contributed by atoms with Crippen molar-refractivity contribution in [3.05, 3.63) is 54.1 Å². The first kappa shape index (κ1) is 19.4. The van der Waals surface area contributed by atoms with E-state index in [1.165, 1.54) is 43.5 Å². The van der Waals surface area contributed by atoms with Gasteiger partial charge in [-0.05, 0) is 35.4 Å². The molecule has 0 aromatic heterocycles. The van der Waals surface area contributed by atoms with E-state index in [-0.39, 0.29) is 11.5 Å². The number of hydrogen-bond donors (Lipinski definition) is 1. The number of halogens is 3. The second-order valence-electron chi connectivity index (χ2n) is 5.49. The topological polar surface area (TPSA) is 63.6 Å². The van der Waals surface area contributed by atoms with Gasteiger partial charge in [0.15, 0.2) is 9.84 Å². The highest BCUT2D eigenvalue weighted by atomic mass is 32.2. The average molecular weight is 374 g/mol. The van der Waals surface area contributed by atoms with Crippen LogP contribution in [0.25, 0.3) is 11.1 Å². The Morgan fingerprint density at radius 3 is 1.92 bits per heavy atom. The van der Waals surface area contributed by atoms with Crippen molar-refractivity contribution >= 4 is 9.84 Å². The number of alkyl halides is 3. The molecule has 2 rings (SSSR count). The molecule has 2 aromatic carbocycles. The zero-order chi connectivity index (χ0) is 18.7. The lowest BCUT2D eigenvalue weighted by Crippen LogP contribution is -2.25. The Kier molecular flexibility index (Phi) is 5.87. The number of sulfone groups is 1. The molecular weight excluding hydrogens is 357 g/mol. The van der Waals surface area contributed by atoms with E-state index in [2.05, 4.69) is 0 Å². The molecule has 0 fully saturated rings. The Morgan fingerprint density at radius 1 is 1.00 bits per heavy atom. The number of hydrogen-bond acceptors (Lipinski definition) is 4. The lowest BCUT2D eigenvalue weighted by molar-refractivity contribution is -0.137. The summed E-state index contributed by atoms with van der Waals surface area (Å²) in [5.74, 6) is -0.472. The van der Waals surface area contributed by atoms with E-state index in [4.69, 9.17) is 4.74 Å². The summed E-state index contributed by atoms with van der Waals surface area (Å²) in [7, 11) is -2.33. The minimum Gasteiger partial charge on any atom is -0.390 e. The van der Waals surface area contributed by atoms with Gasteiger partial charge in [0.2, 0.25) is 0 Å². The van der Waals surface area contributed by atoms with Crippen molar-refractivity contribution in [2.24, 2.45) is 0 Å². The summed E-state index contributed by atoms with van der Waals surface area (Å²) >= 11 is 0. The molecule has 1 atom stereocenters. The monoisotopic (exact) mass is 374 g/mol. The zero-order valence-electron chi connectivity index (χ0n) is 13.3. The highest BCUT2D eigenvalue weighted by molar-refractivity contribution is 7.91. The molecule has 0 aliphatic heterocycles. The maximum atomic E-state index is 12.6. The molecular formula is C17H17F3O4S. The Labute approximate surface area is 143 Å². The molecule has 1 unspecified atom stereocenters. The molecule has 0 aliphatic rings. The van der Waals surface area contributed by atoms with Gasteiger partial charge in [0.1, 0.15) is 0 Å². The van der Waals surface area contributed by atoms with Crippen molar-refractivity contribution in [3.8, 4) is 11.1 Å². The van der Waals surface area contributed by atoms with Gasteiger partial charge in [0.05, 0.1) is 28.9 Å². The summed E-state index contributed by atoms with van der Waals surface area (Å²) in [6.07, 6.45) is -5.54. The van der Waals surface area contributed by atoms with Crippen molar-refractivity contribution in [1.29, 1.82) is 0 Å². The zero-order valence-corrected chi connectivity index (χ0v) is 14.1. The average Bonchev–Trinajstić information content (AvgIpc) is 2.54. The summed E-state index contributed by atoms with van der Waals surface area (Å²) < 4.78 is 66.8. The predicted octanol–water partition coefficient (Wildman–Crippen LogP) is 3.15. The van der Waals surface area contributed by atoms with E-state index < -0.39 is 33.4 Å². The van der Waals surface area contributed by atoms with Crippen molar-refractivity contribution in [1.82, 2.24) is 0 Å². The summed E-state index contributed by atoms with van der Waals surface area (Å²) in [5.41, 5.74) is 0.379. The minimum atomic E-state index is -4.40. The van der Waals surface area contributed by atoms with Crippen LogP contribution >= 0.6 is 0 Å². The van der Waals surface area contributed by atoms with Crippen LogP contribution in [0.1, 0.15) is 5.56 Å². The van der Waals surface area contributed by atoms with E-state index >= 15 is 0 Å². The molecule has 0 spiro atoms. The Hall–Kier alpha value is -1.90. The van der Waals surface area contributed by atoms with Crippen LogP contribution in [0.3, 0.4) is 0 Å². The van der Waals surface area contributed by atoms with Crippen molar-refractivity contribution in [2.75, 3.05) is 19.5 Å². The van der Waals surface area contributed by atoms with Gasteiger partial charge in [-0.15, -0.1) is 0 Å². The smallest absolute Gasteiger partial charge is 0.390 e. The molecule has 0 saturated heterocycles. The molecule has 4 nitrogen and oxygen atoms in total. The second-order valence-corrected chi connectivity index (χ2v) is 7.52. The van der Waals surface area contributed by atoms with Crippen LogP contribution in [0.4, 0.5) is 13.2 Å². The molecule has 0 heterocycles. The van der Waals surface area contributed by atoms with E-state index in [9.17, 15) is 26.7 Å². The Bertz CT molecular complexity index is 797. The van der Waals surface area contributed by atoms with Gasteiger partial charge in [-0.2, -0.15) is 13.2 Å². The fourth-order valence-electron chi connectivity index (χ4n) is 2.30. The quantitative estimate of drug-likeness (QED) is 0.844. The fourth-order valence-corrected chi connectivity index (χ4v) is 3.64. The number of ether oxygens (including phenoxy) is 1. The van der Waals surface area contributed by atoms with Gasteiger partial charge < -0.3 is 9.84 Å². The third-order valence-electron chi connectivity index (χ3n) is 3.53. The third kappa shape index (κ3) is 5.04. The van der Waals surface area contributed by atoms with Crippen LogP contribution in [0, 0.1) is 0 Å². The molecule has 0 amide bonds. The predicted molar refractivity (Wildman–Crippen MR) is 86.8 cm³/mol. The van der Waals surface area contributed by atoms with Crippen LogP contribution in [0.15, 0.2) is 53.4 Å². The molecule has 136 valence electrons. The first-order valence-corrected chi connectivity index (χ1v) is 8.96. The third-order valence-corrected chi connectivity index (χ3v) is 5.34. The van der Waals surface area contributed by atoms with Crippen LogP contribution < -0.4 is 0 Å². The number of benzene rings is 2. The van der Waals surface area contributed by atoms with E-state index in [1.807, 2.05) is 0 Å². The van der Waals surface area contributed by atoms with Crippen molar-refractivity contribution in [3.63, 3.8) is 0 Å². The summed E-state index contributed by atoms with van der Waals surface area (Å²) in [5, 5.41) is 9.57. The van der Waals surface area contributed by atoms with Crippen molar-refractivity contribution in [2.45, 2.75) is 17.2 Å². The van der Waals surface area contributed by atoms with Crippen LogP contribution in [0.2, 0.25) is 0 Å². The number of aliphatic hydroxyl groups is 1. The molecule has 1 N–H and O–H groups in total. The van der Waals surface area contributed by atoms with Gasteiger partial charge in [-0.3, -0.25) is 0 Å². The molecule has 0 saturated carbocycles. The number of aliphatic hydroxyl groups excluding tert-OH is 1. The van der Waals surface area contributed by atoms with E-state index in [0.29, 0.717) is 11.1 Å². The van der Waals surface area contributed by atoms with Gasteiger partial charge in [0, 0.05) is 7.11 Å². The number of methoxy groups -OCH3 is 1. The van der Waals surface area contributed by atoms with Crippen LogP contribution in [-0.4, -0.2) is 39.1 Å². The van der Waals surface area contributed by atoms with Crippen LogP contribution in [-0.2, 0) is 20.8 Å². The molecule has 0 aliphatic carbocycles. The van der Waals surface area contributed by atoms with Gasteiger partial charge in [-0.1, -0.05) is 24.3 Å². The van der Waals surface area contributed by atoms with Gasteiger partial charge in [0.25, 0.3) is 0 Å². The van der Waals surface area contributed by atoms with Crippen LogP contribution in [0.5, 0.6) is 0 Å². The largest absolute Gasteiger partial charge is 0.416 e. The fraction of sp³-hybridized carbons (Fsp3) is 0.294. The van der Waals surface area contributed by atoms with E-state index in [0.717, 1.165) is 12.1 Å². The molecule has 2 aromatic rings. The SMILES string of the molecule is COCC(O)CS(=O)(=O)c1ccc(-c2ccc(C(F)(F)F)cc2)cc1. The lowest BCUT2D eigenvalue weighted by atomic mass is 10.0. The van der Waals surface area contributed by atoms with Crippen molar-refractivity contribution < 1.29 is 31.4 Å². The van der Waals surface area contributed by atoms with Gasteiger partial charge >= 0.3 is 6.18 Å². The highest BCUT2D eigenvalue weighted by Crippen LogP contribution is 2.31. The standard InChI is InChI=1S/C17H17F3O4S/c1-24-10-15(21)11-25(22,23)16-8-4-13(5-9-16)12-2-6-14(7-3-12)17(18,19)20/h2-9,15,21H,10-11H2,1H3.